The molecule has 5 aromatic rings. The summed E-state index contributed by atoms with van der Waals surface area (Å²) >= 11 is 3.91. The SMILES string of the molecule is C1=Cc2sc(C34CCC(c5nc6ccccc6s5)(CC3)C43c4ccccc4-c4ccccc43)nc2CC1. The van der Waals surface area contributed by atoms with Crippen molar-refractivity contribution in [3.63, 3.8) is 0 Å². The van der Waals surface area contributed by atoms with Gasteiger partial charge in [0.1, 0.15) is 10.0 Å². The average molecular weight is 515 g/mol. The summed E-state index contributed by atoms with van der Waals surface area (Å²) in [5, 5.41) is 2.71. The minimum absolute atomic E-state index is 0.0105. The maximum atomic E-state index is 5.49. The Labute approximate surface area is 224 Å². The van der Waals surface area contributed by atoms with Crippen LogP contribution in [0.3, 0.4) is 0 Å². The molecule has 0 N–H and O–H groups in total. The van der Waals surface area contributed by atoms with Crippen molar-refractivity contribution in [1.82, 2.24) is 9.97 Å². The molecule has 2 saturated carbocycles. The van der Waals surface area contributed by atoms with Gasteiger partial charge in [0.2, 0.25) is 0 Å². The zero-order valence-electron chi connectivity index (χ0n) is 20.5. The number of thiazole rings is 2. The predicted octanol–water partition coefficient (Wildman–Crippen LogP) is 8.44. The number of para-hydroxylation sites is 1. The molecule has 0 unspecified atom stereocenters. The number of benzene rings is 3. The van der Waals surface area contributed by atoms with Crippen molar-refractivity contribution in [1.29, 1.82) is 0 Å². The van der Waals surface area contributed by atoms with E-state index in [4.69, 9.17) is 9.97 Å². The number of hydrogen-bond donors (Lipinski definition) is 0. The molecule has 0 atom stereocenters. The van der Waals surface area contributed by atoms with Gasteiger partial charge in [0.15, 0.2) is 0 Å². The molecule has 4 heteroatoms. The maximum absolute atomic E-state index is 5.49. The van der Waals surface area contributed by atoms with Crippen LogP contribution in [0.1, 0.15) is 63.8 Å². The van der Waals surface area contributed by atoms with Crippen molar-refractivity contribution >= 4 is 39.0 Å². The van der Waals surface area contributed by atoms with Gasteiger partial charge in [0, 0.05) is 16.2 Å². The van der Waals surface area contributed by atoms with E-state index in [9.17, 15) is 0 Å². The van der Waals surface area contributed by atoms with Crippen LogP contribution in [-0.4, -0.2) is 9.97 Å². The lowest BCUT2D eigenvalue weighted by Crippen LogP contribution is -2.49. The van der Waals surface area contributed by atoms with Gasteiger partial charge < -0.3 is 0 Å². The molecular weight excluding hydrogens is 489 g/mol. The summed E-state index contributed by atoms with van der Waals surface area (Å²) in [4.78, 5) is 12.3. The van der Waals surface area contributed by atoms with Gasteiger partial charge in [-0.2, -0.15) is 0 Å². The molecular formula is C33H26N2S2. The number of rotatable bonds is 2. The Hall–Kier alpha value is -3.08. The molecule has 2 bridgehead atoms. The number of hydrogen-bond acceptors (Lipinski definition) is 4. The second kappa shape index (κ2) is 7.06. The standard InChI is InChI=1S/C33H26N2S2/c1-3-11-23-21(9-1)22-10-2-4-12-24(22)33(23)31(29-34-25-13-5-7-15-27(25)36-29)17-19-32(33,20-18-31)30-35-26-14-6-8-16-28(26)37-30/h1-5,7-13,15-16H,6,14,17-20H2. The molecule has 3 aromatic carbocycles. The van der Waals surface area contributed by atoms with Crippen LogP contribution in [0.15, 0.2) is 78.9 Å². The Morgan fingerprint density at radius 1 is 0.649 bits per heavy atom. The van der Waals surface area contributed by atoms with E-state index >= 15 is 0 Å². The molecule has 2 aromatic heterocycles. The van der Waals surface area contributed by atoms with E-state index in [0.29, 0.717) is 0 Å². The molecule has 1 spiro atoms. The summed E-state index contributed by atoms with van der Waals surface area (Å²) in [7, 11) is 0. The molecule has 4 aliphatic carbocycles. The third-order valence-electron chi connectivity index (χ3n) is 10.0. The van der Waals surface area contributed by atoms with Crippen molar-refractivity contribution < 1.29 is 0 Å². The van der Waals surface area contributed by atoms with Gasteiger partial charge in [-0.05, 0) is 79.0 Å². The van der Waals surface area contributed by atoms with Gasteiger partial charge in [-0.15, -0.1) is 22.7 Å². The van der Waals surface area contributed by atoms with Crippen LogP contribution in [0.4, 0.5) is 0 Å². The Morgan fingerprint density at radius 3 is 1.95 bits per heavy atom. The fourth-order valence-electron chi connectivity index (χ4n) is 8.69. The normalized spacial score (nSPS) is 26.1. The fraction of sp³-hybridized carbons (Fsp3) is 0.273. The zero-order valence-corrected chi connectivity index (χ0v) is 22.2. The molecule has 0 amide bonds. The van der Waals surface area contributed by atoms with E-state index in [1.165, 1.54) is 60.4 Å². The number of fused-ring (bicyclic) bond motifs is 5. The first-order valence-electron chi connectivity index (χ1n) is 13.5. The summed E-state index contributed by atoms with van der Waals surface area (Å²) in [6.45, 7) is 0. The Morgan fingerprint density at radius 2 is 1.27 bits per heavy atom. The predicted molar refractivity (Wildman–Crippen MR) is 154 cm³/mol. The topological polar surface area (TPSA) is 25.8 Å². The van der Waals surface area contributed by atoms with E-state index in [0.717, 1.165) is 31.2 Å². The van der Waals surface area contributed by atoms with Gasteiger partial charge in [-0.25, -0.2) is 9.97 Å². The van der Waals surface area contributed by atoms with Crippen LogP contribution >= 0.6 is 22.7 Å². The highest BCUT2D eigenvalue weighted by molar-refractivity contribution is 7.18. The first-order valence-corrected chi connectivity index (χ1v) is 15.1. The van der Waals surface area contributed by atoms with Gasteiger partial charge in [-0.3, -0.25) is 0 Å². The monoisotopic (exact) mass is 514 g/mol. The summed E-state index contributed by atoms with van der Waals surface area (Å²) in [6.07, 6.45) is 11.5. The lowest BCUT2D eigenvalue weighted by Gasteiger charge is -2.46. The first kappa shape index (κ1) is 20.9. The Kier molecular flexibility index (Phi) is 3.99. The molecule has 2 heterocycles. The summed E-state index contributed by atoms with van der Waals surface area (Å²) in [5.41, 5.74) is 8.12. The number of aromatic nitrogens is 2. The highest BCUT2D eigenvalue weighted by Crippen LogP contribution is 2.79. The average Bonchev–Trinajstić information content (AvgIpc) is 3.75. The molecule has 2 nitrogen and oxygen atoms in total. The van der Waals surface area contributed by atoms with Crippen LogP contribution in [0, 0.1) is 0 Å². The summed E-state index contributed by atoms with van der Waals surface area (Å²) < 4.78 is 1.31. The van der Waals surface area contributed by atoms with Crippen molar-refractivity contribution in [2.24, 2.45) is 0 Å². The molecule has 2 fully saturated rings. The van der Waals surface area contributed by atoms with Gasteiger partial charge >= 0.3 is 0 Å². The van der Waals surface area contributed by atoms with Crippen LogP contribution in [-0.2, 0) is 22.7 Å². The van der Waals surface area contributed by atoms with E-state index in [1.54, 1.807) is 0 Å². The van der Waals surface area contributed by atoms with Crippen molar-refractivity contribution in [3.8, 4) is 11.1 Å². The maximum Gasteiger partial charge on any atom is 0.101 e. The first-order chi connectivity index (χ1) is 18.3. The Bertz CT molecular complexity index is 1680. The smallest absolute Gasteiger partial charge is 0.101 e. The van der Waals surface area contributed by atoms with E-state index < -0.39 is 0 Å². The molecule has 180 valence electrons. The molecule has 0 saturated heterocycles. The fourth-order valence-corrected chi connectivity index (χ4v) is 11.3. The van der Waals surface area contributed by atoms with E-state index in [-0.39, 0.29) is 16.2 Å². The number of allylic oxidation sites excluding steroid dienone is 1. The van der Waals surface area contributed by atoms with Gasteiger partial charge in [0.25, 0.3) is 0 Å². The largest absolute Gasteiger partial charge is 0.245 e. The van der Waals surface area contributed by atoms with Gasteiger partial charge in [-0.1, -0.05) is 66.7 Å². The molecule has 4 aliphatic rings. The zero-order chi connectivity index (χ0) is 24.2. The van der Waals surface area contributed by atoms with Crippen molar-refractivity contribution in [3.05, 3.63) is 111 Å². The molecule has 37 heavy (non-hydrogen) atoms. The van der Waals surface area contributed by atoms with Crippen molar-refractivity contribution in [2.45, 2.75) is 54.8 Å². The third-order valence-corrected chi connectivity index (χ3v) is 12.5. The lowest BCUT2D eigenvalue weighted by atomic mass is 9.56. The number of aryl methyl sites for hydroxylation is 1. The van der Waals surface area contributed by atoms with Crippen LogP contribution in [0.25, 0.3) is 27.4 Å². The lowest BCUT2D eigenvalue weighted by molar-refractivity contribution is 0.304. The van der Waals surface area contributed by atoms with Crippen LogP contribution in [0.5, 0.6) is 0 Å². The van der Waals surface area contributed by atoms with E-state index in [2.05, 4.69) is 84.9 Å². The minimum Gasteiger partial charge on any atom is -0.245 e. The van der Waals surface area contributed by atoms with Crippen LogP contribution in [0.2, 0.25) is 0 Å². The Balaban J connectivity index is 1.41. The molecule has 0 radical (unpaired) electrons. The van der Waals surface area contributed by atoms with Crippen LogP contribution < -0.4 is 0 Å². The molecule has 9 rings (SSSR count). The van der Waals surface area contributed by atoms with Crippen molar-refractivity contribution in [2.75, 3.05) is 0 Å². The second-order valence-corrected chi connectivity index (χ2v) is 13.3. The minimum atomic E-state index is -0.148. The second-order valence-electron chi connectivity index (χ2n) is 11.3. The quantitative estimate of drug-likeness (QED) is 0.236. The summed E-state index contributed by atoms with van der Waals surface area (Å²) in [5.74, 6) is 0. The molecule has 0 aliphatic heterocycles. The highest BCUT2D eigenvalue weighted by atomic mass is 32.1. The highest BCUT2D eigenvalue weighted by Gasteiger charge is 2.77. The third kappa shape index (κ3) is 2.30. The summed E-state index contributed by atoms with van der Waals surface area (Å²) in [6, 6.07) is 27.3. The van der Waals surface area contributed by atoms with Gasteiger partial charge in [0.05, 0.1) is 20.8 Å². The van der Waals surface area contributed by atoms with E-state index in [1.807, 2.05) is 22.7 Å². The number of nitrogens with zero attached hydrogens (tertiary/aromatic N) is 2.